The smallest absolute Gasteiger partial charge is 0.329 e. The average molecular weight is 249 g/mol. The molecule has 2 heterocycles. The molecule has 0 unspecified atom stereocenters. The molecule has 0 saturated carbocycles. The van der Waals surface area contributed by atoms with Crippen LogP contribution in [-0.4, -0.2) is 45.5 Å². The van der Waals surface area contributed by atoms with E-state index in [1.165, 1.54) is 0 Å². The Bertz CT molecular complexity index is 386. The summed E-state index contributed by atoms with van der Waals surface area (Å²) in [6.45, 7) is 2.95. The van der Waals surface area contributed by atoms with Crippen LogP contribution in [0.2, 0.25) is 0 Å². The van der Waals surface area contributed by atoms with Crippen LogP contribution in [0.4, 0.5) is 13.2 Å². The van der Waals surface area contributed by atoms with Gasteiger partial charge >= 0.3 is 6.18 Å². The molecule has 0 fully saturated rings. The molecule has 1 aliphatic heterocycles. The number of fused-ring (bicyclic) bond motifs is 1. The summed E-state index contributed by atoms with van der Waals surface area (Å²) < 4.78 is 38.4. The maximum Gasteiger partial charge on any atom is 0.396 e. The van der Waals surface area contributed by atoms with Crippen molar-refractivity contribution in [2.75, 3.05) is 19.6 Å². The molecule has 2 N–H and O–H groups in total. The van der Waals surface area contributed by atoms with Crippen LogP contribution in [0, 0.1) is 0 Å². The number of nitrogens with two attached hydrogens (primary N) is 1. The Morgan fingerprint density at radius 2 is 2.00 bits per heavy atom. The number of rotatable bonds is 3. The summed E-state index contributed by atoms with van der Waals surface area (Å²) in [5, 5.41) is 7.42. The fourth-order valence-corrected chi connectivity index (χ4v) is 1.95. The molecule has 1 aromatic rings. The quantitative estimate of drug-likeness (QED) is 0.828. The van der Waals surface area contributed by atoms with Crippen LogP contribution in [0.3, 0.4) is 0 Å². The number of aromatic nitrogens is 3. The van der Waals surface area contributed by atoms with E-state index in [9.17, 15) is 13.2 Å². The zero-order valence-corrected chi connectivity index (χ0v) is 9.24. The maximum atomic E-state index is 12.3. The van der Waals surface area contributed by atoms with E-state index in [1.807, 2.05) is 0 Å². The highest BCUT2D eigenvalue weighted by Gasteiger charge is 2.32. The molecular formula is C9H14F3N5. The number of hydrogen-bond donors (Lipinski definition) is 1. The molecule has 0 radical (unpaired) electrons. The van der Waals surface area contributed by atoms with E-state index in [-0.39, 0.29) is 5.82 Å². The molecule has 8 heteroatoms. The van der Waals surface area contributed by atoms with E-state index in [0.29, 0.717) is 32.0 Å². The SMILES string of the molecule is NCCN1CCn2c(nnc2CC(F)(F)F)C1. The molecule has 1 aliphatic rings. The lowest BCUT2D eigenvalue weighted by Crippen LogP contribution is -2.37. The zero-order chi connectivity index (χ0) is 12.5. The zero-order valence-electron chi connectivity index (χ0n) is 9.24. The summed E-state index contributed by atoms with van der Waals surface area (Å²) in [7, 11) is 0. The van der Waals surface area contributed by atoms with E-state index in [4.69, 9.17) is 5.73 Å². The van der Waals surface area contributed by atoms with Gasteiger partial charge in [0.25, 0.3) is 0 Å². The number of hydrogen-bond acceptors (Lipinski definition) is 4. The molecule has 0 atom stereocenters. The molecule has 2 rings (SSSR count). The van der Waals surface area contributed by atoms with Gasteiger partial charge in [-0.3, -0.25) is 4.90 Å². The number of nitrogens with zero attached hydrogens (tertiary/aromatic N) is 4. The standard InChI is InChI=1S/C9H14F3N5/c10-9(11,12)5-7-14-15-8-6-16(2-1-13)3-4-17(7)8/h1-6,13H2. The minimum Gasteiger partial charge on any atom is -0.329 e. The first-order valence-electron chi connectivity index (χ1n) is 5.40. The van der Waals surface area contributed by atoms with Gasteiger partial charge in [0.05, 0.1) is 6.54 Å². The van der Waals surface area contributed by atoms with Crippen LogP contribution < -0.4 is 5.73 Å². The van der Waals surface area contributed by atoms with Gasteiger partial charge in [-0.25, -0.2) is 0 Å². The number of halogens is 3. The van der Waals surface area contributed by atoms with Crippen molar-refractivity contribution in [3.05, 3.63) is 11.6 Å². The van der Waals surface area contributed by atoms with Crippen molar-refractivity contribution in [3.63, 3.8) is 0 Å². The largest absolute Gasteiger partial charge is 0.396 e. The van der Waals surface area contributed by atoms with Crippen LogP contribution in [-0.2, 0) is 19.5 Å². The third-order valence-corrected chi connectivity index (χ3v) is 2.71. The van der Waals surface area contributed by atoms with Gasteiger partial charge in [-0.1, -0.05) is 0 Å². The lowest BCUT2D eigenvalue weighted by atomic mass is 10.3. The molecule has 0 spiro atoms. The third kappa shape index (κ3) is 2.95. The van der Waals surface area contributed by atoms with Gasteiger partial charge in [0.15, 0.2) is 0 Å². The Morgan fingerprint density at radius 1 is 1.24 bits per heavy atom. The molecule has 0 amide bonds. The lowest BCUT2D eigenvalue weighted by Gasteiger charge is -2.27. The normalized spacial score (nSPS) is 17.2. The first-order chi connectivity index (χ1) is 7.99. The van der Waals surface area contributed by atoms with Crippen molar-refractivity contribution >= 4 is 0 Å². The van der Waals surface area contributed by atoms with E-state index in [0.717, 1.165) is 6.54 Å². The lowest BCUT2D eigenvalue weighted by molar-refractivity contribution is -0.129. The van der Waals surface area contributed by atoms with Crippen molar-refractivity contribution in [2.24, 2.45) is 5.73 Å². The van der Waals surface area contributed by atoms with Gasteiger partial charge < -0.3 is 10.3 Å². The Kier molecular flexibility index (Phi) is 3.34. The average Bonchev–Trinajstić information content (AvgIpc) is 2.59. The first kappa shape index (κ1) is 12.3. The molecule has 5 nitrogen and oxygen atoms in total. The van der Waals surface area contributed by atoms with Gasteiger partial charge in [0.1, 0.15) is 18.1 Å². The highest BCUT2D eigenvalue weighted by molar-refractivity contribution is 5.00. The van der Waals surface area contributed by atoms with E-state index < -0.39 is 12.6 Å². The van der Waals surface area contributed by atoms with Gasteiger partial charge in [0.2, 0.25) is 0 Å². The summed E-state index contributed by atoms with van der Waals surface area (Å²) in [5.74, 6) is 0.587. The second-order valence-corrected chi connectivity index (χ2v) is 4.04. The summed E-state index contributed by atoms with van der Waals surface area (Å²) in [6.07, 6.45) is -5.25. The Labute approximate surface area is 96.4 Å². The molecule has 0 saturated heterocycles. The summed E-state index contributed by atoms with van der Waals surface area (Å²) >= 11 is 0. The Balaban J connectivity index is 2.10. The highest BCUT2D eigenvalue weighted by atomic mass is 19.4. The van der Waals surface area contributed by atoms with Gasteiger partial charge in [-0.05, 0) is 0 Å². The molecule has 1 aromatic heterocycles. The molecule has 96 valence electrons. The molecule has 0 bridgehead atoms. The molecule has 17 heavy (non-hydrogen) atoms. The predicted octanol–water partition coefficient (Wildman–Crippen LogP) is 0.157. The van der Waals surface area contributed by atoms with Crippen molar-refractivity contribution < 1.29 is 13.2 Å². The van der Waals surface area contributed by atoms with Crippen molar-refractivity contribution in [1.82, 2.24) is 19.7 Å². The van der Waals surface area contributed by atoms with Crippen LogP contribution >= 0.6 is 0 Å². The third-order valence-electron chi connectivity index (χ3n) is 2.71. The summed E-state index contributed by atoms with van der Waals surface area (Å²) in [6, 6.07) is 0. The fourth-order valence-electron chi connectivity index (χ4n) is 1.95. The van der Waals surface area contributed by atoms with Gasteiger partial charge in [0, 0.05) is 26.2 Å². The fraction of sp³-hybridized carbons (Fsp3) is 0.778. The maximum absolute atomic E-state index is 12.3. The summed E-state index contributed by atoms with van der Waals surface area (Å²) in [5.41, 5.74) is 5.43. The van der Waals surface area contributed by atoms with Crippen LogP contribution in [0.5, 0.6) is 0 Å². The monoisotopic (exact) mass is 249 g/mol. The highest BCUT2D eigenvalue weighted by Crippen LogP contribution is 2.22. The summed E-state index contributed by atoms with van der Waals surface area (Å²) in [4.78, 5) is 2.06. The van der Waals surface area contributed by atoms with E-state index in [2.05, 4.69) is 15.1 Å². The topological polar surface area (TPSA) is 60.0 Å². The van der Waals surface area contributed by atoms with Crippen LogP contribution in [0.15, 0.2) is 0 Å². The minimum atomic E-state index is -4.24. The van der Waals surface area contributed by atoms with E-state index in [1.54, 1.807) is 4.57 Å². The van der Waals surface area contributed by atoms with Crippen LogP contribution in [0.1, 0.15) is 11.6 Å². The van der Waals surface area contributed by atoms with Crippen molar-refractivity contribution in [2.45, 2.75) is 25.7 Å². The van der Waals surface area contributed by atoms with Gasteiger partial charge in [-0.15, -0.1) is 10.2 Å². The second kappa shape index (κ2) is 4.61. The Morgan fingerprint density at radius 3 is 2.65 bits per heavy atom. The van der Waals surface area contributed by atoms with E-state index >= 15 is 0 Å². The second-order valence-electron chi connectivity index (χ2n) is 4.04. The van der Waals surface area contributed by atoms with Gasteiger partial charge in [-0.2, -0.15) is 13.2 Å². The Hall–Kier alpha value is -1.15. The predicted molar refractivity (Wildman–Crippen MR) is 54.1 cm³/mol. The number of alkyl halides is 3. The van der Waals surface area contributed by atoms with Crippen molar-refractivity contribution in [1.29, 1.82) is 0 Å². The molecular weight excluding hydrogens is 235 g/mol. The van der Waals surface area contributed by atoms with Crippen molar-refractivity contribution in [3.8, 4) is 0 Å². The van der Waals surface area contributed by atoms with Crippen LogP contribution in [0.25, 0.3) is 0 Å². The minimum absolute atomic E-state index is 0.0000940. The molecule has 0 aromatic carbocycles. The first-order valence-corrected chi connectivity index (χ1v) is 5.40. The molecule has 0 aliphatic carbocycles.